The molecule has 1 aliphatic rings. The normalized spacial score (nSPS) is 14.6. The lowest BCUT2D eigenvalue weighted by Crippen LogP contribution is -2.39. The zero-order valence-electron chi connectivity index (χ0n) is 24.8. The average molecular weight is 591 g/mol. The summed E-state index contributed by atoms with van der Waals surface area (Å²) in [6.45, 7) is 3.11. The van der Waals surface area contributed by atoms with Gasteiger partial charge in [0.05, 0.1) is 32.9 Å². The molecule has 10 heteroatoms. The summed E-state index contributed by atoms with van der Waals surface area (Å²) in [4.78, 5) is 32.4. The molecule has 1 saturated heterocycles. The van der Waals surface area contributed by atoms with Crippen molar-refractivity contribution in [3.05, 3.63) is 72.3 Å². The molecule has 3 aromatic rings. The molecular weight excluding hydrogens is 552 g/mol. The minimum absolute atomic E-state index is 0.0503. The van der Waals surface area contributed by atoms with Gasteiger partial charge in [0.1, 0.15) is 11.8 Å². The number of nitrogens with one attached hydrogen (secondary N) is 1. The van der Waals surface area contributed by atoms with Gasteiger partial charge in [0.2, 0.25) is 5.91 Å². The maximum Gasteiger partial charge on any atom is 0.256 e. The number of methoxy groups -OCH3 is 2. The number of nitrogens with zero attached hydrogens (tertiary/aromatic N) is 3. The average Bonchev–Trinajstić information content (AvgIpc) is 3.23. The summed E-state index contributed by atoms with van der Waals surface area (Å²) in [5, 5.41) is 3.28. The van der Waals surface area contributed by atoms with Crippen LogP contribution in [-0.4, -0.2) is 69.3 Å². The maximum atomic E-state index is 13.8. The third-order valence-corrected chi connectivity index (χ3v) is 7.44. The van der Waals surface area contributed by atoms with Crippen molar-refractivity contribution >= 4 is 46.2 Å². The van der Waals surface area contributed by atoms with Crippen LogP contribution < -0.4 is 29.3 Å². The number of hydrogen-bond donors (Lipinski definition) is 1. The Hall–Kier alpha value is -4.31. The van der Waals surface area contributed by atoms with Gasteiger partial charge in [0.15, 0.2) is 16.6 Å². The van der Waals surface area contributed by atoms with E-state index >= 15 is 0 Å². The van der Waals surface area contributed by atoms with E-state index in [1.165, 1.54) is 4.90 Å². The minimum atomic E-state index is -0.752. The zero-order valence-corrected chi connectivity index (χ0v) is 25.6. The van der Waals surface area contributed by atoms with Gasteiger partial charge in [-0.05, 0) is 91.3 Å². The van der Waals surface area contributed by atoms with Crippen LogP contribution in [0.3, 0.4) is 0 Å². The van der Waals surface area contributed by atoms with Crippen molar-refractivity contribution in [1.29, 1.82) is 0 Å². The summed E-state index contributed by atoms with van der Waals surface area (Å²) in [5.74, 6) is 1.49. The zero-order chi connectivity index (χ0) is 30.2. The number of rotatable bonds is 13. The number of hydrogen-bond acceptors (Lipinski definition) is 7. The molecule has 1 heterocycles. The molecule has 0 saturated carbocycles. The number of amides is 2. The van der Waals surface area contributed by atoms with E-state index in [0.29, 0.717) is 47.6 Å². The molecule has 4 rings (SSSR count). The molecule has 1 unspecified atom stereocenters. The molecule has 0 bridgehead atoms. The number of benzene rings is 3. The third-order valence-electron chi connectivity index (χ3n) is 7.02. The predicted octanol–water partition coefficient (Wildman–Crippen LogP) is 5.13. The smallest absolute Gasteiger partial charge is 0.256 e. The molecular formula is C32H38N4O5S. The van der Waals surface area contributed by atoms with E-state index in [1.807, 2.05) is 85.4 Å². The third kappa shape index (κ3) is 7.12. The van der Waals surface area contributed by atoms with Gasteiger partial charge in [-0.1, -0.05) is 13.0 Å². The van der Waals surface area contributed by atoms with Crippen molar-refractivity contribution in [3.8, 4) is 17.2 Å². The first-order chi connectivity index (χ1) is 20.2. The van der Waals surface area contributed by atoms with Crippen LogP contribution in [0, 0.1) is 0 Å². The van der Waals surface area contributed by atoms with E-state index in [0.717, 1.165) is 23.4 Å². The highest BCUT2D eigenvalue weighted by atomic mass is 32.1. The Morgan fingerprint density at radius 1 is 0.976 bits per heavy atom. The van der Waals surface area contributed by atoms with Gasteiger partial charge >= 0.3 is 0 Å². The number of thiocarbonyl (C=S) groups is 1. The Balaban J connectivity index is 1.54. The van der Waals surface area contributed by atoms with Crippen molar-refractivity contribution in [2.24, 2.45) is 0 Å². The number of ether oxygens (including phenoxy) is 3. The van der Waals surface area contributed by atoms with E-state index in [9.17, 15) is 9.59 Å². The molecule has 0 aromatic heterocycles. The fourth-order valence-electron chi connectivity index (χ4n) is 4.75. The minimum Gasteiger partial charge on any atom is -0.494 e. The summed E-state index contributed by atoms with van der Waals surface area (Å²) in [6, 6.07) is 19.8. The summed E-state index contributed by atoms with van der Waals surface area (Å²) in [5.41, 5.74) is 3.29. The lowest BCUT2D eigenvalue weighted by Gasteiger charge is -2.24. The monoisotopic (exact) mass is 590 g/mol. The Morgan fingerprint density at radius 2 is 1.67 bits per heavy atom. The second-order valence-electron chi connectivity index (χ2n) is 10.1. The summed E-state index contributed by atoms with van der Waals surface area (Å²) >= 11 is 5.85. The molecule has 9 nitrogen and oxygen atoms in total. The molecule has 2 amide bonds. The van der Waals surface area contributed by atoms with Gasteiger partial charge in [-0.3, -0.25) is 14.5 Å². The standard InChI is InChI=1S/C32H38N4O5S/c1-6-19-41-26-14-8-23(9-15-26)33-30(37)21-27-31(38)36(25-12-10-24(11-13-25)34(2)3)32(42)35(27)18-17-22-7-16-28(39-4)29(20-22)40-5/h7-16,20,27H,6,17-19,21H2,1-5H3,(H,33,37). The highest BCUT2D eigenvalue weighted by molar-refractivity contribution is 7.80. The topological polar surface area (TPSA) is 83.6 Å². The number of anilines is 3. The fourth-order valence-corrected chi connectivity index (χ4v) is 5.17. The molecule has 1 N–H and O–H groups in total. The van der Waals surface area contributed by atoms with Crippen molar-refractivity contribution in [3.63, 3.8) is 0 Å². The van der Waals surface area contributed by atoms with Gasteiger partial charge in [-0.2, -0.15) is 0 Å². The van der Waals surface area contributed by atoms with Crippen LogP contribution in [0.1, 0.15) is 25.3 Å². The molecule has 1 atom stereocenters. The molecule has 42 heavy (non-hydrogen) atoms. The van der Waals surface area contributed by atoms with Crippen LogP contribution in [0.15, 0.2) is 66.7 Å². The highest BCUT2D eigenvalue weighted by Crippen LogP contribution is 2.31. The van der Waals surface area contributed by atoms with Gasteiger partial charge in [-0.25, -0.2) is 0 Å². The lowest BCUT2D eigenvalue weighted by atomic mass is 10.1. The van der Waals surface area contributed by atoms with E-state index in [2.05, 4.69) is 5.32 Å². The Morgan fingerprint density at radius 3 is 2.29 bits per heavy atom. The number of carbonyl (C=O) groups excluding carboxylic acids is 2. The van der Waals surface area contributed by atoms with Gasteiger partial charge in [-0.15, -0.1) is 0 Å². The number of carbonyl (C=O) groups is 2. The first-order valence-corrected chi connectivity index (χ1v) is 14.3. The van der Waals surface area contributed by atoms with Crippen LogP contribution in [0.4, 0.5) is 17.1 Å². The molecule has 1 fully saturated rings. The quantitative estimate of drug-likeness (QED) is 0.275. The van der Waals surface area contributed by atoms with Crippen LogP contribution in [0.5, 0.6) is 17.2 Å². The summed E-state index contributed by atoms with van der Waals surface area (Å²) < 4.78 is 16.4. The Kier molecular flexibility index (Phi) is 10.2. The summed E-state index contributed by atoms with van der Waals surface area (Å²) in [6.07, 6.45) is 1.44. The Bertz CT molecular complexity index is 1400. The summed E-state index contributed by atoms with van der Waals surface area (Å²) in [7, 11) is 7.10. The van der Waals surface area contributed by atoms with Crippen LogP contribution in [0.2, 0.25) is 0 Å². The molecule has 0 aliphatic carbocycles. The van der Waals surface area contributed by atoms with Gasteiger partial charge < -0.3 is 29.3 Å². The van der Waals surface area contributed by atoms with Crippen molar-refractivity contribution in [2.45, 2.75) is 32.2 Å². The van der Waals surface area contributed by atoms with Crippen molar-refractivity contribution in [2.75, 3.05) is 56.6 Å². The van der Waals surface area contributed by atoms with Gasteiger partial charge in [0.25, 0.3) is 5.91 Å². The van der Waals surface area contributed by atoms with E-state index in [-0.39, 0.29) is 18.2 Å². The predicted molar refractivity (Wildman–Crippen MR) is 170 cm³/mol. The molecule has 0 radical (unpaired) electrons. The fraction of sp³-hybridized carbons (Fsp3) is 0.344. The highest BCUT2D eigenvalue weighted by Gasteiger charge is 2.44. The van der Waals surface area contributed by atoms with E-state index in [4.69, 9.17) is 26.4 Å². The first-order valence-electron chi connectivity index (χ1n) is 13.9. The van der Waals surface area contributed by atoms with Crippen molar-refractivity contribution < 1.29 is 23.8 Å². The molecule has 222 valence electrons. The van der Waals surface area contributed by atoms with Crippen LogP contribution in [-0.2, 0) is 16.0 Å². The van der Waals surface area contributed by atoms with E-state index in [1.54, 1.807) is 26.4 Å². The first kappa shape index (κ1) is 30.6. The van der Waals surface area contributed by atoms with Crippen LogP contribution >= 0.6 is 12.2 Å². The molecule has 3 aromatic carbocycles. The van der Waals surface area contributed by atoms with Crippen LogP contribution in [0.25, 0.3) is 0 Å². The second kappa shape index (κ2) is 14.0. The van der Waals surface area contributed by atoms with Gasteiger partial charge in [0, 0.05) is 32.0 Å². The molecule has 0 spiro atoms. The SMILES string of the molecule is CCCOc1ccc(NC(=O)CC2C(=O)N(c3ccc(N(C)C)cc3)C(=S)N2CCc2ccc(OC)c(OC)c2)cc1. The second-order valence-corrected chi connectivity index (χ2v) is 10.5. The Labute approximate surface area is 253 Å². The molecule has 1 aliphatic heterocycles. The lowest BCUT2D eigenvalue weighted by molar-refractivity contribution is -0.124. The van der Waals surface area contributed by atoms with E-state index < -0.39 is 6.04 Å². The van der Waals surface area contributed by atoms with Crippen molar-refractivity contribution in [1.82, 2.24) is 4.90 Å². The maximum absolute atomic E-state index is 13.8. The largest absolute Gasteiger partial charge is 0.494 e.